The van der Waals surface area contributed by atoms with Gasteiger partial charge in [0.1, 0.15) is 5.54 Å². The standard InChI is InChI=1S/C9H19NO2/c1-5-9(6-2,10-4)8(11)12-7-3/h10H,5-7H2,1-4H3. The highest BCUT2D eigenvalue weighted by Gasteiger charge is 2.34. The van der Waals surface area contributed by atoms with Crippen molar-refractivity contribution < 1.29 is 9.53 Å². The summed E-state index contributed by atoms with van der Waals surface area (Å²) in [5.74, 6) is -0.141. The summed E-state index contributed by atoms with van der Waals surface area (Å²) in [4.78, 5) is 11.5. The fourth-order valence-electron chi connectivity index (χ4n) is 1.26. The topological polar surface area (TPSA) is 38.3 Å². The summed E-state index contributed by atoms with van der Waals surface area (Å²) in [6.45, 7) is 6.24. The lowest BCUT2D eigenvalue weighted by Crippen LogP contribution is -2.50. The molecule has 0 aromatic carbocycles. The third-order valence-corrected chi connectivity index (χ3v) is 2.35. The van der Waals surface area contributed by atoms with Gasteiger partial charge in [0.2, 0.25) is 0 Å². The van der Waals surface area contributed by atoms with Crippen molar-refractivity contribution in [3.05, 3.63) is 0 Å². The molecule has 0 unspecified atom stereocenters. The summed E-state index contributed by atoms with van der Waals surface area (Å²) in [6.07, 6.45) is 1.53. The Hall–Kier alpha value is -0.570. The SMILES string of the molecule is CCOC(=O)C(CC)(CC)NC. The number of hydrogen-bond donors (Lipinski definition) is 1. The van der Waals surface area contributed by atoms with E-state index in [0.717, 1.165) is 12.8 Å². The molecule has 0 saturated carbocycles. The predicted octanol–water partition coefficient (Wildman–Crippen LogP) is 1.33. The Morgan fingerprint density at radius 2 is 1.83 bits per heavy atom. The van der Waals surface area contributed by atoms with Gasteiger partial charge in [-0.1, -0.05) is 13.8 Å². The molecule has 0 amide bonds. The second-order valence-electron chi connectivity index (χ2n) is 2.76. The first-order valence-corrected chi connectivity index (χ1v) is 4.53. The monoisotopic (exact) mass is 173 g/mol. The van der Waals surface area contributed by atoms with Crippen LogP contribution in [0, 0.1) is 0 Å². The molecule has 12 heavy (non-hydrogen) atoms. The Bertz CT molecular complexity index is 133. The van der Waals surface area contributed by atoms with E-state index in [2.05, 4.69) is 5.32 Å². The summed E-state index contributed by atoms with van der Waals surface area (Å²) < 4.78 is 4.98. The summed E-state index contributed by atoms with van der Waals surface area (Å²) in [6, 6.07) is 0. The fourth-order valence-corrected chi connectivity index (χ4v) is 1.26. The molecule has 72 valence electrons. The molecule has 0 aliphatic rings. The average Bonchev–Trinajstić information content (AvgIpc) is 2.09. The number of esters is 1. The number of ether oxygens (including phenoxy) is 1. The molecule has 0 saturated heterocycles. The van der Waals surface area contributed by atoms with Crippen molar-refractivity contribution in [1.29, 1.82) is 0 Å². The highest BCUT2D eigenvalue weighted by molar-refractivity contribution is 5.80. The van der Waals surface area contributed by atoms with Crippen molar-refractivity contribution in [1.82, 2.24) is 5.32 Å². The minimum atomic E-state index is -0.476. The first-order chi connectivity index (χ1) is 5.66. The van der Waals surface area contributed by atoms with Gasteiger partial charge in [0.15, 0.2) is 0 Å². The van der Waals surface area contributed by atoms with Crippen LogP contribution in [0.25, 0.3) is 0 Å². The maximum absolute atomic E-state index is 11.5. The molecular formula is C9H19NO2. The van der Waals surface area contributed by atoms with Gasteiger partial charge >= 0.3 is 5.97 Å². The lowest BCUT2D eigenvalue weighted by molar-refractivity contribution is -0.151. The molecule has 0 spiro atoms. The Morgan fingerprint density at radius 3 is 2.08 bits per heavy atom. The number of carbonyl (C=O) groups excluding carboxylic acids is 1. The van der Waals surface area contributed by atoms with Crippen molar-refractivity contribution in [2.75, 3.05) is 13.7 Å². The van der Waals surface area contributed by atoms with Crippen LogP contribution in [0.4, 0.5) is 0 Å². The van der Waals surface area contributed by atoms with Crippen molar-refractivity contribution in [2.24, 2.45) is 0 Å². The lowest BCUT2D eigenvalue weighted by Gasteiger charge is -2.28. The van der Waals surface area contributed by atoms with Gasteiger partial charge in [0.25, 0.3) is 0 Å². The average molecular weight is 173 g/mol. The Morgan fingerprint density at radius 1 is 1.33 bits per heavy atom. The van der Waals surface area contributed by atoms with Gasteiger partial charge in [-0.15, -0.1) is 0 Å². The van der Waals surface area contributed by atoms with E-state index in [9.17, 15) is 4.79 Å². The van der Waals surface area contributed by atoms with Crippen molar-refractivity contribution in [3.8, 4) is 0 Å². The molecule has 0 atom stereocenters. The Balaban J connectivity index is 4.36. The van der Waals surface area contributed by atoms with Crippen molar-refractivity contribution in [2.45, 2.75) is 39.2 Å². The Kier molecular flexibility index (Phi) is 4.90. The molecule has 0 aromatic heterocycles. The number of carbonyl (C=O) groups is 1. The lowest BCUT2D eigenvalue weighted by atomic mass is 9.93. The minimum Gasteiger partial charge on any atom is -0.465 e. The maximum atomic E-state index is 11.5. The van der Waals surface area contributed by atoms with Crippen LogP contribution in [-0.2, 0) is 9.53 Å². The van der Waals surface area contributed by atoms with Crippen LogP contribution in [0.15, 0.2) is 0 Å². The van der Waals surface area contributed by atoms with Gasteiger partial charge in [0, 0.05) is 0 Å². The van der Waals surface area contributed by atoms with E-state index >= 15 is 0 Å². The summed E-state index contributed by atoms with van der Waals surface area (Å²) in [5.41, 5.74) is -0.476. The highest BCUT2D eigenvalue weighted by atomic mass is 16.5. The van der Waals surface area contributed by atoms with Crippen LogP contribution in [0.1, 0.15) is 33.6 Å². The zero-order valence-corrected chi connectivity index (χ0v) is 8.44. The minimum absolute atomic E-state index is 0.141. The molecular weight excluding hydrogens is 154 g/mol. The normalized spacial score (nSPS) is 11.3. The van der Waals surface area contributed by atoms with Gasteiger partial charge in [-0.05, 0) is 26.8 Å². The van der Waals surface area contributed by atoms with Crippen LogP contribution < -0.4 is 5.32 Å². The van der Waals surface area contributed by atoms with E-state index in [1.165, 1.54) is 0 Å². The molecule has 0 radical (unpaired) electrons. The molecule has 0 bridgehead atoms. The molecule has 1 N–H and O–H groups in total. The first-order valence-electron chi connectivity index (χ1n) is 4.53. The number of likely N-dealkylation sites (N-methyl/N-ethyl adjacent to an activating group) is 1. The highest BCUT2D eigenvalue weighted by Crippen LogP contribution is 2.16. The summed E-state index contributed by atoms with van der Waals surface area (Å²) in [7, 11) is 1.80. The number of nitrogens with one attached hydrogen (secondary N) is 1. The molecule has 0 aliphatic heterocycles. The number of hydrogen-bond acceptors (Lipinski definition) is 3. The van der Waals surface area contributed by atoms with Crippen LogP contribution in [0.5, 0.6) is 0 Å². The zero-order chi connectivity index (χ0) is 9.61. The molecule has 0 heterocycles. The third kappa shape index (κ3) is 2.21. The first kappa shape index (κ1) is 11.4. The fraction of sp³-hybridized carbons (Fsp3) is 0.889. The second kappa shape index (κ2) is 5.14. The van der Waals surface area contributed by atoms with Gasteiger partial charge in [-0.3, -0.25) is 4.79 Å². The summed E-state index contributed by atoms with van der Waals surface area (Å²) in [5, 5.41) is 3.02. The van der Waals surface area contributed by atoms with E-state index in [4.69, 9.17) is 4.74 Å². The van der Waals surface area contributed by atoms with Crippen LogP contribution in [0.3, 0.4) is 0 Å². The number of rotatable bonds is 5. The van der Waals surface area contributed by atoms with Crippen molar-refractivity contribution in [3.63, 3.8) is 0 Å². The molecule has 3 heteroatoms. The van der Waals surface area contributed by atoms with Gasteiger partial charge in [-0.2, -0.15) is 0 Å². The molecule has 0 aliphatic carbocycles. The Labute approximate surface area is 74.5 Å². The zero-order valence-electron chi connectivity index (χ0n) is 8.44. The van der Waals surface area contributed by atoms with Gasteiger partial charge in [0.05, 0.1) is 6.61 Å². The van der Waals surface area contributed by atoms with Gasteiger partial charge in [-0.25, -0.2) is 0 Å². The van der Waals surface area contributed by atoms with Crippen molar-refractivity contribution >= 4 is 5.97 Å². The van der Waals surface area contributed by atoms with Crippen LogP contribution >= 0.6 is 0 Å². The van der Waals surface area contributed by atoms with Crippen LogP contribution in [-0.4, -0.2) is 25.2 Å². The second-order valence-corrected chi connectivity index (χ2v) is 2.76. The largest absolute Gasteiger partial charge is 0.465 e. The smallest absolute Gasteiger partial charge is 0.326 e. The molecule has 0 fully saturated rings. The van der Waals surface area contributed by atoms with Crippen LogP contribution in [0.2, 0.25) is 0 Å². The van der Waals surface area contributed by atoms with E-state index < -0.39 is 5.54 Å². The third-order valence-electron chi connectivity index (χ3n) is 2.35. The van der Waals surface area contributed by atoms with E-state index in [0.29, 0.717) is 6.61 Å². The predicted molar refractivity (Wildman–Crippen MR) is 49.0 cm³/mol. The van der Waals surface area contributed by atoms with E-state index in [1.54, 1.807) is 7.05 Å². The summed E-state index contributed by atoms with van der Waals surface area (Å²) >= 11 is 0. The van der Waals surface area contributed by atoms with E-state index in [1.807, 2.05) is 20.8 Å². The maximum Gasteiger partial charge on any atom is 0.326 e. The van der Waals surface area contributed by atoms with Gasteiger partial charge < -0.3 is 10.1 Å². The molecule has 3 nitrogen and oxygen atoms in total. The molecule has 0 rings (SSSR count). The quantitative estimate of drug-likeness (QED) is 0.637. The van der Waals surface area contributed by atoms with E-state index in [-0.39, 0.29) is 5.97 Å². The molecule has 0 aromatic rings.